The van der Waals surface area contributed by atoms with Gasteiger partial charge in [-0.05, 0) is 25.5 Å². The van der Waals surface area contributed by atoms with Gasteiger partial charge in [0.1, 0.15) is 0 Å². The Hall–Kier alpha value is -1.26. The van der Waals surface area contributed by atoms with Gasteiger partial charge in [-0.2, -0.15) is 5.10 Å². The van der Waals surface area contributed by atoms with E-state index in [-0.39, 0.29) is 0 Å². The number of hydrazone groups is 1. The molecule has 0 aliphatic rings. The Morgan fingerprint density at radius 2 is 2.11 bits per heavy atom. The van der Waals surface area contributed by atoms with E-state index < -0.39 is 6.09 Å². The van der Waals surface area contributed by atoms with Crippen LogP contribution in [0.4, 0.5) is 4.79 Å². The fraction of sp³-hybridized carbons (Fsp3) is 0.333. The average molecular weight is 289 g/mol. The first-order valence-electron chi connectivity index (χ1n) is 5.53. The smallest absolute Gasteiger partial charge is 0.427 e. The van der Waals surface area contributed by atoms with Gasteiger partial charge in [-0.25, -0.2) is 10.2 Å². The molecule has 1 amide bonds. The molecule has 1 aromatic carbocycles. The lowest BCUT2D eigenvalue weighted by molar-refractivity contribution is 0.152. The maximum Gasteiger partial charge on any atom is 0.427 e. The highest BCUT2D eigenvalue weighted by molar-refractivity contribution is 6.37. The van der Waals surface area contributed by atoms with Crippen LogP contribution in [-0.2, 0) is 4.74 Å². The summed E-state index contributed by atoms with van der Waals surface area (Å²) in [5.41, 5.74) is 3.70. The highest BCUT2D eigenvalue weighted by Crippen LogP contribution is 2.22. The Bertz CT molecular complexity index is 461. The van der Waals surface area contributed by atoms with Crippen LogP contribution in [0.3, 0.4) is 0 Å². The molecule has 4 nitrogen and oxygen atoms in total. The summed E-state index contributed by atoms with van der Waals surface area (Å²) in [5, 5.41) is 5.03. The van der Waals surface area contributed by atoms with Crippen LogP contribution in [0.1, 0.15) is 25.8 Å². The molecule has 0 spiro atoms. The number of rotatable bonds is 4. The summed E-state index contributed by atoms with van der Waals surface area (Å²) in [6.07, 6.45) is 0.0295. The Morgan fingerprint density at radius 3 is 2.67 bits per heavy atom. The lowest BCUT2D eigenvalue weighted by atomic mass is 10.1. The molecule has 18 heavy (non-hydrogen) atoms. The number of carbonyl (C=O) groups excluding carboxylic acids is 1. The van der Waals surface area contributed by atoms with Gasteiger partial charge in [-0.3, -0.25) is 0 Å². The minimum atomic E-state index is -0.589. The third kappa shape index (κ3) is 4.20. The summed E-state index contributed by atoms with van der Waals surface area (Å²) < 4.78 is 4.71. The monoisotopic (exact) mass is 288 g/mol. The van der Waals surface area contributed by atoms with E-state index in [4.69, 9.17) is 27.9 Å². The van der Waals surface area contributed by atoms with Crippen molar-refractivity contribution < 1.29 is 9.53 Å². The molecule has 0 atom stereocenters. The van der Waals surface area contributed by atoms with E-state index in [1.165, 1.54) is 0 Å². The van der Waals surface area contributed by atoms with Crippen LogP contribution < -0.4 is 5.43 Å². The van der Waals surface area contributed by atoms with Crippen molar-refractivity contribution in [1.29, 1.82) is 0 Å². The van der Waals surface area contributed by atoms with Crippen LogP contribution in [0.25, 0.3) is 0 Å². The van der Waals surface area contributed by atoms with Gasteiger partial charge in [0.15, 0.2) is 0 Å². The molecule has 0 fully saturated rings. The van der Waals surface area contributed by atoms with Crippen molar-refractivity contribution >= 4 is 35.0 Å². The Labute approximate surface area is 116 Å². The second-order valence-electron chi connectivity index (χ2n) is 3.37. The first-order chi connectivity index (χ1) is 8.58. The largest absolute Gasteiger partial charge is 0.449 e. The van der Waals surface area contributed by atoms with Crippen LogP contribution in [0.5, 0.6) is 0 Å². The summed E-state index contributed by atoms with van der Waals surface area (Å²) in [7, 11) is 0. The quantitative estimate of drug-likeness (QED) is 0.676. The van der Waals surface area contributed by atoms with Crippen LogP contribution in [0.15, 0.2) is 23.3 Å². The minimum Gasteiger partial charge on any atom is -0.449 e. The van der Waals surface area contributed by atoms with Gasteiger partial charge in [0.2, 0.25) is 0 Å². The maximum absolute atomic E-state index is 11.1. The minimum absolute atomic E-state index is 0.296. The second kappa shape index (κ2) is 7.24. The molecule has 0 aliphatic heterocycles. The SMILES string of the molecule is CCOC(=O)N/N=C(/CC)c1ccc(Cl)cc1Cl. The third-order valence-corrected chi connectivity index (χ3v) is 2.68. The molecule has 0 radical (unpaired) electrons. The van der Waals surface area contributed by atoms with Crippen molar-refractivity contribution in [2.45, 2.75) is 20.3 Å². The van der Waals surface area contributed by atoms with Crippen LogP contribution >= 0.6 is 23.2 Å². The van der Waals surface area contributed by atoms with Gasteiger partial charge in [-0.15, -0.1) is 0 Å². The zero-order chi connectivity index (χ0) is 13.5. The highest BCUT2D eigenvalue weighted by Gasteiger charge is 2.08. The zero-order valence-corrected chi connectivity index (χ0v) is 11.7. The van der Waals surface area contributed by atoms with E-state index in [1.807, 2.05) is 6.92 Å². The number of hydrogen-bond donors (Lipinski definition) is 1. The first-order valence-corrected chi connectivity index (χ1v) is 6.28. The molecule has 0 heterocycles. The molecule has 1 N–H and O–H groups in total. The molecule has 0 bridgehead atoms. The van der Waals surface area contributed by atoms with Crippen molar-refractivity contribution in [2.24, 2.45) is 5.10 Å². The summed E-state index contributed by atoms with van der Waals surface area (Å²) >= 11 is 11.9. The van der Waals surface area contributed by atoms with Crippen molar-refractivity contribution in [3.63, 3.8) is 0 Å². The van der Waals surface area contributed by atoms with E-state index in [0.29, 0.717) is 28.8 Å². The molecule has 6 heteroatoms. The molecule has 1 aromatic rings. The molecule has 98 valence electrons. The predicted octanol–water partition coefficient (Wildman–Crippen LogP) is 3.85. The maximum atomic E-state index is 11.1. The van der Waals surface area contributed by atoms with Crippen LogP contribution in [0, 0.1) is 0 Å². The number of carbonyl (C=O) groups is 1. The number of nitrogens with one attached hydrogen (secondary N) is 1. The highest BCUT2D eigenvalue weighted by atomic mass is 35.5. The van der Waals surface area contributed by atoms with Crippen LogP contribution in [0.2, 0.25) is 10.0 Å². The van der Waals surface area contributed by atoms with E-state index in [0.717, 1.165) is 5.56 Å². The van der Waals surface area contributed by atoms with Crippen molar-refractivity contribution in [3.05, 3.63) is 33.8 Å². The number of hydrogen-bond acceptors (Lipinski definition) is 3. The number of nitrogens with zero attached hydrogens (tertiary/aromatic N) is 1. The predicted molar refractivity (Wildman–Crippen MR) is 73.4 cm³/mol. The summed E-state index contributed by atoms with van der Waals surface area (Å²) in [4.78, 5) is 11.1. The van der Waals surface area contributed by atoms with Crippen molar-refractivity contribution in [1.82, 2.24) is 5.43 Å². The fourth-order valence-electron chi connectivity index (χ4n) is 1.33. The Balaban J connectivity index is 2.88. The summed E-state index contributed by atoms with van der Waals surface area (Å²) in [6, 6.07) is 5.12. The summed E-state index contributed by atoms with van der Waals surface area (Å²) in [6.45, 7) is 3.93. The molecule has 1 rings (SSSR count). The van der Waals surface area contributed by atoms with Crippen LogP contribution in [-0.4, -0.2) is 18.4 Å². The molecule has 0 saturated carbocycles. The van der Waals surface area contributed by atoms with Crippen molar-refractivity contribution in [3.8, 4) is 0 Å². The molecular formula is C12H14Cl2N2O2. The normalized spacial score (nSPS) is 11.2. The van der Waals surface area contributed by atoms with E-state index in [1.54, 1.807) is 25.1 Å². The topological polar surface area (TPSA) is 50.7 Å². The molecule has 0 aromatic heterocycles. The zero-order valence-electron chi connectivity index (χ0n) is 10.2. The molecule has 0 aliphatic carbocycles. The average Bonchev–Trinajstić information content (AvgIpc) is 2.32. The summed E-state index contributed by atoms with van der Waals surface area (Å²) in [5.74, 6) is 0. The lowest BCUT2D eigenvalue weighted by Gasteiger charge is -2.07. The molecule has 0 unspecified atom stereocenters. The number of halogens is 2. The van der Waals surface area contributed by atoms with Gasteiger partial charge in [0.05, 0.1) is 17.3 Å². The third-order valence-electron chi connectivity index (χ3n) is 2.13. The molecular weight excluding hydrogens is 275 g/mol. The van der Waals surface area contributed by atoms with Gasteiger partial charge in [0.25, 0.3) is 0 Å². The Kier molecular flexibility index (Phi) is 5.95. The lowest BCUT2D eigenvalue weighted by Crippen LogP contribution is -2.21. The van der Waals surface area contributed by atoms with Gasteiger partial charge < -0.3 is 4.74 Å². The number of amides is 1. The van der Waals surface area contributed by atoms with E-state index >= 15 is 0 Å². The Morgan fingerprint density at radius 1 is 1.39 bits per heavy atom. The first kappa shape index (κ1) is 14.8. The van der Waals surface area contributed by atoms with E-state index in [2.05, 4.69) is 10.5 Å². The van der Waals surface area contributed by atoms with Gasteiger partial charge in [-0.1, -0.05) is 36.2 Å². The molecule has 0 saturated heterocycles. The van der Waals surface area contributed by atoms with Crippen molar-refractivity contribution in [2.75, 3.05) is 6.61 Å². The number of ether oxygens (including phenoxy) is 1. The fourth-order valence-corrected chi connectivity index (χ4v) is 1.85. The van der Waals surface area contributed by atoms with Gasteiger partial charge >= 0.3 is 6.09 Å². The van der Waals surface area contributed by atoms with E-state index in [9.17, 15) is 4.79 Å². The second-order valence-corrected chi connectivity index (χ2v) is 4.21. The number of benzene rings is 1. The van der Waals surface area contributed by atoms with Gasteiger partial charge in [0, 0.05) is 10.6 Å². The standard InChI is InChI=1S/C12H14Cl2N2O2/c1-3-11(15-16-12(17)18-4-2)9-6-5-8(13)7-10(9)14/h5-7H,3-4H2,1-2H3,(H,16,17)/b15-11-.